The molecule has 1 N–H and O–H groups in total. The van der Waals surface area contributed by atoms with Gasteiger partial charge in [0.1, 0.15) is 0 Å². The Kier molecular flexibility index (Phi) is 6.96. The molecule has 1 aliphatic heterocycles. The summed E-state index contributed by atoms with van der Waals surface area (Å²) < 4.78 is 0. The molecule has 5 heteroatoms. The molecule has 0 saturated carbocycles. The Morgan fingerprint density at radius 1 is 1.26 bits per heavy atom. The van der Waals surface area contributed by atoms with Crippen LogP contribution < -0.4 is 5.32 Å². The number of amides is 2. The van der Waals surface area contributed by atoms with Crippen molar-refractivity contribution >= 4 is 23.6 Å². The highest BCUT2D eigenvalue weighted by atomic mass is 32.2. The number of thioether (sulfide) groups is 1. The van der Waals surface area contributed by atoms with Crippen molar-refractivity contribution in [3.63, 3.8) is 0 Å². The lowest BCUT2D eigenvalue weighted by atomic mass is 9.90. The second kappa shape index (κ2) is 8.96. The molecule has 0 unspecified atom stereocenters. The maximum absolute atomic E-state index is 12.2. The second-order valence-corrected chi connectivity index (χ2v) is 7.29. The first-order chi connectivity index (χ1) is 11.1. The van der Waals surface area contributed by atoms with E-state index in [1.165, 1.54) is 17.3 Å². The first kappa shape index (κ1) is 17.9. The Hall–Kier alpha value is -1.49. The quantitative estimate of drug-likeness (QED) is 0.869. The lowest BCUT2D eigenvalue weighted by Gasteiger charge is -2.32. The smallest absolute Gasteiger partial charge is 0.241 e. The molecule has 0 radical (unpaired) electrons. The molecule has 1 aromatic carbocycles. The zero-order valence-corrected chi connectivity index (χ0v) is 14.8. The van der Waals surface area contributed by atoms with Gasteiger partial charge in [0.15, 0.2) is 0 Å². The van der Waals surface area contributed by atoms with Crippen LogP contribution in [0.3, 0.4) is 0 Å². The van der Waals surface area contributed by atoms with Gasteiger partial charge in [0, 0.05) is 13.1 Å². The third-order valence-electron chi connectivity index (χ3n) is 4.47. The minimum atomic E-state index is -0.112. The zero-order valence-electron chi connectivity index (χ0n) is 14.0. The standard InChI is InChI=1S/C18H26N2O2S/c1-14(23-2)18(22)19-13-17(21)20-10-8-16(9-11-20)12-15-6-4-3-5-7-15/h3-7,14,16H,8-13H2,1-2H3,(H,19,22)/t14-/m1/s1. The average molecular weight is 334 g/mol. The van der Waals surface area contributed by atoms with Gasteiger partial charge in [-0.3, -0.25) is 9.59 Å². The molecule has 0 aromatic heterocycles. The van der Waals surface area contributed by atoms with Gasteiger partial charge in [-0.2, -0.15) is 11.8 Å². The number of rotatable bonds is 6. The molecular weight excluding hydrogens is 308 g/mol. The summed E-state index contributed by atoms with van der Waals surface area (Å²) in [6.07, 6.45) is 5.06. The van der Waals surface area contributed by atoms with Crippen molar-refractivity contribution in [3.8, 4) is 0 Å². The van der Waals surface area contributed by atoms with Gasteiger partial charge < -0.3 is 10.2 Å². The molecular formula is C18H26N2O2S. The molecule has 0 spiro atoms. The van der Waals surface area contributed by atoms with Crippen molar-refractivity contribution in [1.29, 1.82) is 0 Å². The molecule has 1 atom stereocenters. The molecule has 126 valence electrons. The molecule has 2 rings (SSSR count). The molecule has 0 bridgehead atoms. The van der Waals surface area contributed by atoms with E-state index in [2.05, 4.69) is 29.6 Å². The van der Waals surface area contributed by atoms with Crippen molar-refractivity contribution < 1.29 is 9.59 Å². The highest BCUT2D eigenvalue weighted by Gasteiger charge is 2.23. The van der Waals surface area contributed by atoms with E-state index in [4.69, 9.17) is 0 Å². The van der Waals surface area contributed by atoms with Gasteiger partial charge in [-0.15, -0.1) is 0 Å². The van der Waals surface area contributed by atoms with Crippen LogP contribution in [-0.4, -0.2) is 47.9 Å². The molecule has 1 heterocycles. The summed E-state index contributed by atoms with van der Waals surface area (Å²) in [7, 11) is 0. The van der Waals surface area contributed by atoms with Gasteiger partial charge in [0.25, 0.3) is 0 Å². The maximum atomic E-state index is 12.2. The predicted octanol–water partition coefficient (Wildman–Crippen LogP) is 2.34. The Morgan fingerprint density at radius 3 is 2.52 bits per heavy atom. The lowest BCUT2D eigenvalue weighted by Crippen LogP contribution is -2.45. The third-order valence-corrected chi connectivity index (χ3v) is 5.39. The van der Waals surface area contributed by atoms with E-state index in [1.54, 1.807) is 0 Å². The Bertz CT molecular complexity index is 513. The van der Waals surface area contributed by atoms with Gasteiger partial charge in [0.05, 0.1) is 11.8 Å². The summed E-state index contributed by atoms with van der Waals surface area (Å²) in [4.78, 5) is 25.8. The Morgan fingerprint density at radius 2 is 1.91 bits per heavy atom. The highest BCUT2D eigenvalue weighted by molar-refractivity contribution is 7.99. The fraction of sp³-hybridized carbons (Fsp3) is 0.556. The summed E-state index contributed by atoms with van der Waals surface area (Å²) in [6, 6.07) is 10.5. The lowest BCUT2D eigenvalue weighted by molar-refractivity contribution is -0.133. The van der Waals surface area contributed by atoms with Crippen molar-refractivity contribution in [1.82, 2.24) is 10.2 Å². The number of nitrogens with zero attached hydrogens (tertiary/aromatic N) is 1. The number of benzene rings is 1. The third kappa shape index (κ3) is 5.57. The molecule has 2 amide bonds. The van der Waals surface area contributed by atoms with Crippen molar-refractivity contribution in [2.75, 3.05) is 25.9 Å². The van der Waals surface area contributed by atoms with Gasteiger partial charge in [0.2, 0.25) is 11.8 Å². The van der Waals surface area contributed by atoms with Crippen LogP contribution in [0.2, 0.25) is 0 Å². The van der Waals surface area contributed by atoms with Crippen LogP contribution in [0.4, 0.5) is 0 Å². The maximum Gasteiger partial charge on any atom is 0.241 e. The first-order valence-corrected chi connectivity index (χ1v) is 9.51. The van der Waals surface area contributed by atoms with Crippen molar-refractivity contribution in [3.05, 3.63) is 35.9 Å². The van der Waals surface area contributed by atoms with E-state index in [1.807, 2.05) is 24.1 Å². The Balaban J connectivity index is 1.71. The van der Waals surface area contributed by atoms with Crippen molar-refractivity contribution in [2.24, 2.45) is 5.92 Å². The topological polar surface area (TPSA) is 49.4 Å². The number of carbonyl (C=O) groups is 2. The Labute approximate surface area is 143 Å². The van der Waals surface area contributed by atoms with Crippen LogP contribution in [0, 0.1) is 5.92 Å². The van der Waals surface area contributed by atoms with E-state index in [9.17, 15) is 9.59 Å². The summed E-state index contributed by atoms with van der Waals surface area (Å²) in [5.74, 6) is 0.613. The van der Waals surface area contributed by atoms with Gasteiger partial charge in [-0.1, -0.05) is 30.3 Å². The van der Waals surface area contributed by atoms with Crippen LogP contribution in [-0.2, 0) is 16.0 Å². The molecule has 1 fully saturated rings. The number of carbonyl (C=O) groups excluding carboxylic acids is 2. The molecule has 4 nitrogen and oxygen atoms in total. The minimum Gasteiger partial charge on any atom is -0.346 e. The van der Waals surface area contributed by atoms with Gasteiger partial charge in [-0.05, 0) is 43.9 Å². The average Bonchev–Trinajstić information content (AvgIpc) is 2.60. The summed E-state index contributed by atoms with van der Waals surface area (Å²) in [5, 5.41) is 2.62. The van der Waals surface area contributed by atoms with Gasteiger partial charge in [-0.25, -0.2) is 0 Å². The molecule has 1 aromatic rings. The number of likely N-dealkylation sites (tertiary alicyclic amines) is 1. The fourth-order valence-electron chi connectivity index (χ4n) is 2.86. The van der Waals surface area contributed by atoms with E-state index < -0.39 is 0 Å². The second-order valence-electron chi connectivity index (χ2n) is 6.11. The van der Waals surface area contributed by atoms with Crippen LogP contribution in [0.15, 0.2) is 30.3 Å². The molecule has 1 aliphatic rings. The van der Waals surface area contributed by atoms with Crippen LogP contribution in [0.5, 0.6) is 0 Å². The van der Waals surface area contributed by atoms with E-state index >= 15 is 0 Å². The van der Waals surface area contributed by atoms with E-state index in [0.29, 0.717) is 5.92 Å². The van der Waals surface area contributed by atoms with E-state index in [-0.39, 0.29) is 23.6 Å². The largest absolute Gasteiger partial charge is 0.346 e. The minimum absolute atomic E-state index is 0.0322. The number of piperidine rings is 1. The number of nitrogens with one attached hydrogen (secondary N) is 1. The van der Waals surface area contributed by atoms with Crippen LogP contribution in [0.25, 0.3) is 0 Å². The van der Waals surface area contributed by atoms with Crippen molar-refractivity contribution in [2.45, 2.75) is 31.4 Å². The predicted molar refractivity (Wildman–Crippen MR) is 95.4 cm³/mol. The van der Waals surface area contributed by atoms with Crippen LogP contribution >= 0.6 is 11.8 Å². The fourth-order valence-corrected chi connectivity index (χ4v) is 3.16. The molecule has 0 aliphatic carbocycles. The van der Waals surface area contributed by atoms with Gasteiger partial charge >= 0.3 is 0 Å². The van der Waals surface area contributed by atoms with E-state index in [0.717, 1.165) is 32.4 Å². The number of hydrogen-bond donors (Lipinski definition) is 1. The monoisotopic (exact) mass is 334 g/mol. The number of hydrogen-bond acceptors (Lipinski definition) is 3. The summed E-state index contributed by atoms with van der Waals surface area (Å²) >= 11 is 1.48. The molecule has 1 saturated heterocycles. The first-order valence-electron chi connectivity index (χ1n) is 8.22. The SMILES string of the molecule is CS[C@H](C)C(=O)NCC(=O)N1CCC(Cc2ccccc2)CC1. The normalized spacial score (nSPS) is 16.9. The molecule has 23 heavy (non-hydrogen) atoms. The zero-order chi connectivity index (χ0) is 16.7. The van der Waals surface area contributed by atoms with Crippen LogP contribution in [0.1, 0.15) is 25.3 Å². The summed E-state index contributed by atoms with van der Waals surface area (Å²) in [6.45, 7) is 3.56. The highest BCUT2D eigenvalue weighted by Crippen LogP contribution is 2.21. The summed E-state index contributed by atoms with van der Waals surface area (Å²) in [5.41, 5.74) is 1.37.